The van der Waals surface area contributed by atoms with Crippen molar-refractivity contribution in [1.29, 1.82) is 0 Å². The van der Waals surface area contributed by atoms with E-state index < -0.39 is 28.7 Å². The zero-order valence-electron chi connectivity index (χ0n) is 13.7. The monoisotopic (exact) mass is 355 g/mol. The van der Waals surface area contributed by atoms with Crippen LogP contribution in [-0.4, -0.2) is 25.2 Å². The van der Waals surface area contributed by atoms with E-state index in [1.54, 1.807) is 24.5 Å². The van der Waals surface area contributed by atoms with Gasteiger partial charge in [0.1, 0.15) is 5.82 Å². The molecular formula is C17H14FN5O3. The van der Waals surface area contributed by atoms with Crippen molar-refractivity contribution in [2.75, 3.05) is 0 Å². The molecule has 1 amide bonds. The van der Waals surface area contributed by atoms with Crippen LogP contribution in [0.25, 0.3) is 5.69 Å². The number of hydrogen-bond acceptors (Lipinski definition) is 5. The average molecular weight is 355 g/mol. The minimum absolute atomic E-state index is 0.146. The molecule has 0 fully saturated rings. The highest BCUT2D eigenvalue weighted by Gasteiger charge is 2.18. The highest BCUT2D eigenvalue weighted by atomic mass is 19.1. The molecule has 132 valence electrons. The van der Waals surface area contributed by atoms with Gasteiger partial charge >= 0.3 is 5.69 Å². The molecule has 0 radical (unpaired) electrons. The van der Waals surface area contributed by atoms with Gasteiger partial charge in [-0.15, -0.1) is 0 Å². The van der Waals surface area contributed by atoms with E-state index in [0.717, 1.165) is 26.9 Å². The molecule has 3 rings (SSSR count). The number of amides is 1. The van der Waals surface area contributed by atoms with Gasteiger partial charge in [0.05, 0.1) is 5.69 Å². The molecule has 26 heavy (non-hydrogen) atoms. The summed E-state index contributed by atoms with van der Waals surface area (Å²) in [6.45, 7) is 0.146. The smallest absolute Gasteiger partial charge is 0.346 e. The van der Waals surface area contributed by atoms with E-state index in [1.165, 1.54) is 19.2 Å². The van der Waals surface area contributed by atoms with Crippen LogP contribution in [-0.2, 0) is 13.6 Å². The van der Waals surface area contributed by atoms with E-state index in [-0.39, 0.29) is 12.2 Å². The Kier molecular flexibility index (Phi) is 4.70. The predicted molar refractivity (Wildman–Crippen MR) is 90.4 cm³/mol. The second-order valence-corrected chi connectivity index (χ2v) is 5.43. The first-order valence-corrected chi connectivity index (χ1v) is 7.61. The van der Waals surface area contributed by atoms with Crippen LogP contribution in [0.1, 0.15) is 16.1 Å². The number of pyridine rings is 1. The number of hydrogen-bond donors (Lipinski definition) is 1. The summed E-state index contributed by atoms with van der Waals surface area (Å²) in [6.07, 6.45) is 3.17. The maximum absolute atomic E-state index is 13.1. The fourth-order valence-electron chi connectivity index (χ4n) is 2.24. The first-order chi connectivity index (χ1) is 12.5. The lowest BCUT2D eigenvalue weighted by Gasteiger charge is -2.09. The first-order valence-electron chi connectivity index (χ1n) is 7.61. The quantitative estimate of drug-likeness (QED) is 0.730. The lowest BCUT2D eigenvalue weighted by atomic mass is 10.3. The number of nitrogens with one attached hydrogen (secondary N) is 1. The molecule has 0 unspecified atom stereocenters. The molecule has 1 aromatic carbocycles. The maximum atomic E-state index is 13.1. The Labute approximate surface area is 146 Å². The molecule has 0 aliphatic carbocycles. The Morgan fingerprint density at radius 2 is 1.92 bits per heavy atom. The van der Waals surface area contributed by atoms with Crippen LogP contribution in [0.5, 0.6) is 0 Å². The second-order valence-electron chi connectivity index (χ2n) is 5.43. The Bertz CT molecular complexity index is 1060. The van der Waals surface area contributed by atoms with Gasteiger partial charge in [0, 0.05) is 26.0 Å². The highest BCUT2D eigenvalue weighted by molar-refractivity contribution is 5.91. The van der Waals surface area contributed by atoms with Gasteiger partial charge < -0.3 is 5.32 Å². The van der Waals surface area contributed by atoms with Gasteiger partial charge in [0.25, 0.3) is 11.5 Å². The average Bonchev–Trinajstić information content (AvgIpc) is 2.66. The molecule has 0 aliphatic rings. The number of aromatic nitrogens is 4. The molecule has 0 spiro atoms. The van der Waals surface area contributed by atoms with Crippen molar-refractivity contribution in [3.63, 3.8) is 0 Å². The van der Waals surface area contributed by atoms with Crippen LogP contribution in [0.2, 0.25) is 0 Å². The fraction of sp³-hybridized carbons (Fsp3) is 0.118. The van der Waals surface area contributed by atoms with Crippen molar-refractivity contribution in [2.24, 2.45) is 7.05 Å². The van der Waals surface area contributed by atoms with Crippen molar-refractivity contribution in [3.8, 4) is 5.69 Å². The van der Waals surface area contributed by atoms with Crippen molar-refractivity contribution < 1.29 is 9.18 Å². The Hall–Kier alpha value is -3.62. The molecule has 1 N–H and O–H groups in total. The fourth-order valence-corrected chi connectivity index (χ4v) is 2.24. The Morgan fingerprint density at radius 1 is 1.19 bits per heavy atom. The van der Waals surface area contributed by atoms with Crippen LogP contribution in [0, 0.1) is 5.82 Å². The number of halogens is 1. The summed E-state index contributed by atoms with van der Waals surface area (Å²) >= 11 is 0. The van der Waals surface area contributed by atoms with Gasteiger partial charge in [0.15, 0.2) is 0 Å². The van der Waals surface area contributed by atoms with Gasteiger partial charge in [0.2, 0.25) is 5.69 Å². The summed E-state index contributed by atoms with van der Waals surface area (Å²) < 4.78 is 14.7. The summed E-state index contributed by atoms with van der Waals surface area (Å²) in [4.78, 5) is 40.8. The van der Waals surface area contributed by atoms with Crippen LogP contribution < -0.4 is 16.6 Å². The standard InChI is InChI=1S/C17H14FN5O3/c1-22-16(25)14(15(24)20-10-11-3-2-8-19-9-11)21-23(17(22)26)13-6-4-12(18)5-7-13/h2-9H,10H2,1H3,(H,20,24). The van der Waals surface area contributed by atoms with Crippen LogP contribution >= 0.6 is 0 Å². The van der Waals surface area contributed by atoms with E-state index in [9.17, 15) is 18.8 Å². The molecule has 0 saturated carbocycles. The summed E-state index contributed by atoms with van der Waals surface area (Å²) in [7, 11) is 1.24. The van der Waals surface area contributed by atoms with Crippen LogP contribution in [0.15, 0.2) is 58.4 Å². The lowest BCUT2D eigenvalue weighted by molar-refractivity contribution is 0.0941. The van der Waals surface area contributed by atoms with Crippen molar-refractivity contribution in [2.45, 2.75) is 6.54 Å². The third-order valence-electron chi connectivity index (χ3n) is 3.64. The number of benzene rings is 1. The summed E-state index contributed by atoms with van der Waals surface area (Å²) in [5.41, 5.74) is -1.04. The molecule has 0 aliphatic heterocycles. The van der Waals surface area contributed by atoms with Crippen LogP contribution in [0.3, 0.4) is 0 Å². The Morgan fingerprint density at radius 3 is 2.58 bits per heavy atom. The molecule has 3 aromatic rings. The van der Waals surface area contributed by atoms with E-state index in [1.807, 2.05) is 0 Å². The van der Waals surface area contributed by atoms with Gasteiger partial charge in [-0.1, -0.05) is 6.07 Å². The Balaban J connectivity index is 1.96. The minimum atomic E-state index is -0.822. The van der Waals surface area contributed by atoms with E-state index in [2.05, 4.69) is 15.4 Å². The van der Waals surface area contributed by atoms with Crippen molar-refractivity contribution in [1.82, 2.24) is 24.6 Å². The molecule has 2 heterocycles. The predicted octanol–water partition coefficient (Wildman–Crippen LogP) is 0.395. The second kappa shape index (κ2) is 7.09. The largest absolute Gasteiger partial charge is 0.351 e. The van der Waals surface area contributed by atoms with E-state index in [4.69, 9.17) is 0 Å². The molecule has 0 bridgehead atoms. The third kappa shape index (κ3) is 3.41. The number of rotatable bonds is 4. The third-order valence-corrected chi connectivity index (χ3v) is 3.64. The number of nitrogens with zero attached hydrogens (tertiary/aromatic N) is 4. The zero-order chi connectivity index (χ0) is 18.7. The SMILES string of the molecule is Cn1c(=O)c(C(=O)NCc2cccnc2)nn(-c2ccc(F)cc2)c1=O. The zero-order valence-corrected chi connectivity index (χ0v) is 13.7. The van der Waals surface area contributed by atoms with Crippen molar-refractivity contribution in [3.05, 3.63) is 86.7 Å². The van der Waals surface area contributed by atoms with E-state index >= 15 is 0 Å². The summed E-state index contributed by atoms with van der Waals surface area (Å²) in [5, 5.41) is 6.43. The van der Waals surface area contributed by atoms with Gasteiger partial charge in [-0.3, -0.25) is 19.1 Å². The molecule has 8 nitrogen and oxygen atoms in total. The summed E-state index contributed by atoms with van der Waals surface area (Å²) in [6, 6.07) is 8.43. The number of carbonyl (C=O) groups excluding carboxylic acids is 1. The summed E-state index contributed by atoms with van der Waals surface area (Å²) in [5.74, 6) is -1.22. The molecule has 0 saturated heterocycles. The highest BCUT2D eigenvalue weighted by Crippen LogP contribution is 2.05. The molecular weight excluding hydrogens is 341 g/mol. The minimum Gasteiger partial charge on any atom is -0.346 e. The molecule has 2 aromatic heterocycles. The van der Waals surface area contributed by atoms with Crippen molar-refractivity contribution >= 4 is 5.91 Å². The molecule has 9 heteroatoms. The number of carbonyl (C=O) groups is 1. The first kappa shape index (κ1) is 17.2. The van der Waals surface area contributed by atoms with Gasteiger partial charge in [-0.25, -0.2) is 9.18 Å². The van der Waals surface area contributed by atoms with Crippen LogP contribution in [0.4, 0.5) is 4.39 Å². The molecule has 0 atom stereocenters. The van der Waals surface area contributed by atoms with Gasteiger partial charge in [-0.05, 0) is 35.9 Å². The normalized spacial score (nSPS) is 10.5. The van der Waals surface area contributed by atoms with Gasteiger partial charge in [-0.2, -0.15) is 9.78 Å². The lowest BCUT2D eigenvalue weighted by Crippen LogP contribution is -2.44. The van der Waals surface area contributed by atoms with E-state index in [0.29, 0.717) is 0 Å². The maximum Gasteiger partial charge on any atom is 0.351 e. The topological polar surface area (TPSA) is 98.9 Å².